The standard InChI is InChI=1S/C31H31/c1-30(2,3)20-15-17-23-24(18-16-20)28(31(4,5)6)19-27(23)29-25-13-9-7-11-21(25)22-12-8-10-14-26(22)29/h7-19H,1-6H3/q+1. The van der Waals surface area contributed by atoms with E-state index in [1.165, 1.54) is 56.0 Å². The van der Waals surface area contributed by atoms with Gasteiger partial charge >= 0.3 is 0 Å². The molecule has 0 heteroatoms. The predicted molar refractivity (Wildman–Crippen MR) is 133 cm³/mol. The normalized spacial score (nSPS) is 13.4. The molecule has 0 spiro atoms. The Balaban J connectivity index is 1.82. The zero-order valence-electron chi connectivity index (χ0n) is 19.5. The van der Waals surface area contributed by atoms with Crippen molar-refractivity contribution >= 4 is 0 Å². The van der Waals surface area contributed by atoms with Gasteiger partial charge in [-0.3, -0.25) is 0 Å². The first-order chi connectivity index (χ1) is 14.7. The summed E-state index contributed by atoms with van der Waals surface area (Å²) in [5, 5.41) is 0. The van der Waals surface area contributed by atoms with E-state index < -0.39 is 0 Å². The molecule has 0 bridgehead atoms. The second-order valence-corrected chi connectivity index (χ2v) is 10.9. The molecule has 0 unspecified atom stereocenters. The monoisotopic (exact) mass is 403 g/mol. The van der Waals surface area contributed by atoms with Gasteiger partial charge in [-0.05, 0) is 88.7 Å². The summed E-state index contributed by atoms with van der Waals surface area (Å²) in [5.74, 6) is 1.37. The van der Waals surface area contributed by atoms with Crippen LogP contribution in [0.5, 0.6) is 0 Å². The van der Waals surface area contributed by atoms with Gasteiger partial charge in [0.25, 0.3) is 0 Å². The van der Waals surface area contributed by atoms with E-state index in [0.29, 0.717) is 0 Å². The zero-order valence-corrected chi connectivity index (χ0v) is 19.5. The summed E-state index contributed by atoms with van der Waals surface area (Å²) in [4.78, 5) is 0. The van der Waals surface area contributed by atoms with Gasteiger partial charge in [0.05, 0.1) is 33.7 Å². The SMILES string of the molecule is CC(C)(C)c1ccc2c([C+]3c4ccccc4-c4ccccc43)cc(C(C)(C)C)c-2cc1. The summed E-state index contributed by atoms with van der Waals surface area (Å²) in [7, 11) is 0. The molecular formula is C31H31+. The van der Waals surface area contributed by atoms with E-state index >= 15 is 0 Å². The Labute approximate surface area is 187 Å². The third-order valence-electron chi connectivity index (χ3n) is 6.64. The summed E-state index contributed by atoms with van der Waals surface area (Å²) in [5.41, 5.74) is 12.4. The molecule has 5 rings (SSSR count). The molecule has 0 N–H and O–H groups in total. The lowest BCUT2D eigenvalue weighted by Crippen LogP contribution is -2.10. The van der Waals surface area contributed by atoms with Gasteiger partial charge in [-0.2, -0.15) is 0 Å². The summed E-state index contributed by atoms with van der Waals surface area (Å²) < 4.78 is 0. The maximum Gasteiger partial charge on any atom is 0.0674 e. The van der Waals surface area contributed by atoms with Crippen molar-refractivity contribution in [1.82, 2.24) is 0 Å². The van der Waals surface area contributed by atoms with Crippen molar-refractivity contribution in [2.24, 2.45) is 0 Å². The molecule has 0 fully saturated rings. The summed E-state index contributed by atoms with van der Waals surface area (Å²) >= 11 is 0. The third kappa shape index (κ3) is 3.17. The molecule has 3 aliphatic carbocycles. The Morgan fingerprint density at radius 3 is 1.48 bits per heavy atom. The zero-order chi connectivity index (χ0) is 22.0. The van der Waals surface area contributed by atoms with Crippen LogP contribution < -0.4 is 0 Å². The Morgan fingerprint density at radius 1 is 0.484 bits per heavy atom. The number of fused-ring (bicyclic) bond motifs is 4. The fourth-order valence-corrected chi connectivity index (χ4v) is 4.99. The smallest absolute Gasteiger partial charge is 0.0574 e. The molecule has 0 radical (unpaired) electrons. The van der Waals surface area contributed by atoms with Crippen LogP contribution >= 0.6 is 0 Å². The maximum atomic E-state index is 2.45. The van der Waals surface area contributed by atoms with Crippen molar-refractivity contribution in [1.29, 1.82) is 0 Å². The molecule has 0 saturated heterocycles. The highest BCUT2D eigenvalue weighted by Gasteiger charge is 2.40. The summed E-state index contributed by atoms with van der Waals surface area (Å²) in [6.45, 7) is 13.8. The quantitative estimate of drug-likeness (QED) is 0.247. The van der Waals surface area contributed by atoms with Gasteiger partial charge in [0.1, 0.15) is 0 Å². The molecule has 0 atom stereocenters. The predicted octanol–water partition coefficient (Wildman–Crippen LogP) is 8.39. The number of hydrogen-bond acceptors (Lipinski definition) is 0. The van der Waals surface area contributed by atoms with Crippen molar-refractivity contribution in [2.45, 2.75) is 52.4 Å². The van der Waals surface area contributed by atoms with Gasteiger partial charge in [-0.1, -0.05) is 53.7 Å². The average Bonchev–Trinajstić information content (AvgIpc) is 3.13. The van der Waals surface area contributed by atoms with E-state index in [1.807, 2.05) is 0 Å². The molecule has 0 saturated carbocycles. The van der Waals surface area contributed by atoms with E-state index in [1.54, 1.807) is 0 Å². The second-order valence-electron chi connectivity index (χ2n) is 10.9. The molecule has 0 aromatic heterocycles. The van der Waals surface area contributed by atoms with Crippen LogP contribution in [0.3, 0.4) is 0 Å². The minimum absolute atomic E-state index is 0.0744. The number of hydrogen-bond donors (Lipinski definition) is 0. The number of benzene rings is 2. The molecule has 0 nitrogen and oxygen atoms in total. The van der Waals surface area contributed by atoms with Gasteiger partial charge in [0.15, 0.2) is 0 Å². The fraction of sp³-hybridized carbons (Fsp3) is 0.258. The van der Waals surface area contributed by atoms with E-state index in [9.17, 15) is 0 Å². The van der Waals surface area contributed by atoms with Crippen molar-refractivity contribution in [3.63, 3.8) is 0 Å². The van der Waals surface area contributed by atoms with Crippen LogP contribution in [0.2, 0.25) is 0 Å². The molecule has 0 amide bonds. The molecule has 154 valence electrons. The van der Waals surface area contributed by atoms with Crippen molar-refractivity contribution in [3.05, 3.63) is 113 Å². The largest absolute Gasteiger partial charge is 0.0674 e. The second kappa shape index (κ2) is 6.76. The fourth-order valence-electron chi connectivity index (χ4n) is 4.99. The van der Waals surface area contributed by atoms with Crippen LogP contribution in [0.4, 0.5) is 0 Å². The Kier molecular flexibility index (Phi) is 4.35. The van der Waals surface area contributed by atoms with Crippen molar-refractivity contribution in [3.8, 4) is 22.3 Å². The Hall–Kier alpha value is -2.99. The molecule has 2 aromatic rings. The lowest BCUT2D eigenvalue weighted by molar-refractivity contribution is 0.590. The van der Waals surface area contributed by atoms with Crippen LogP contribution in [0.15, 0.2) is 78.9 Å². The van der Waals surface area contributed by atoms with E-state index in [4.69, 9.17) is 0 Å². The van der Waals surface area contributed by atoms with Crippen LogP contribution in [0.1, 0.15) is 69.4 Å². The van der Waals surface area contributed by atoms with Gasteiger partial charge in [-0.15, -0.1) is 0 Å². The first-order valence-corrected chi connectivity index (χ1v) is 11.3. The molecular weight excluding hydrogens is 372 g/mol. The van der Waals surface area contributed by atoms with Crippen LogP contribution in [-0.4, -0.2) is 0 Å². The Bertz CT molecular complexity index is 1200. The van der Waals surface area contributed by atoms with Gasteiger partial charge in [0, 0.05) is 11.1 Å². The van der Waals surface area contributed by atoms with Crippen LogP contribution in [0, 0.1) is 5.92 Å². The first kappa shape index (κ1) is 19.9. The third-order valence-corrected chi connectivity index (χ3v) is 6.64. The van der Waals surface area contributed by atoms with Gasteiger partial charge < -0.3 is 0 Å². The molecule has 0 heterocycles. The van der Waals surface area contributed by atoms with Crippen molar-refractivity contribution in [2.75, 3.05) is 0 Å². The highest BCUT2D eigenvalue weighted by molar-refractivity contribution is 5.91. The van der Waals surface area contributed by atoms with E-state index in [-0.39, 0.29) is 10.8 Å². The Morgan fingerprint density at radius 2 is 0.968 bits per heavy atom. The van der Waals surface area contributed by atoms with Gasteiger partial charge in [0.2, 0.25) is 0 Å². The minimum atomic E-state index is 0.0744. The summed E-state index contributed by atoms with van der Waals surface area (Å²) in [6, 6.07) is 29.5. The van der Waals surface area contributed by atoms with Crippen LogP contribution in [0.25, 0.3) is 22.3 Å². The van der Waals surface area contributed by atoms with Gasteiger partial charge in [-0.25, -0.2) is 0 Å². The molecule has 31 heavy (non-hydrogen) atoms. The highest BCUT2D eigenvalue weighted by atomic mass is 14.4. The van der Waals surface area contributed by atoms with Crippen molar-refractivity contribution < 1.29 is 0 Å². The molecule has 0 aliphatic heterocycles. The van der Waals surface area contributed by atoms with E-state index in [0.717, 1.165) is 0 Å². The van der Waals surface area contributed by atoms with E-state index in [2.05, 4.69) is 120 Å². The molecule has 3 aliphatic rings. The highest BCUT2D eigenvalue weighted by Crippen LogP contribution is 2.52. The first-order valence-electron chi connectivity index (χ1n) is 11.3. The average molecular weight is 404 g/mol. The topological polar surface area (TPSA) is 0 Å². The number of rotatable bonds is 1. The minimum Gasteiger partial charge on any atom is -0.0574 e. The maximum absolute atomic E-state index is 2.45. The summed E-state index contributed by atoms with van der Waals surface area (Å²) in [6.07, 6.45) is 0. The lowest BCUT2D eigenvalue weighted by Gasteiger charge is -2.18. The van der Waals surface area contributed by atoms with Crippen LogP contribution in [-0.2, 0) is 10.8 Å². The molecule has 2 aromatic carbocycles. The lowest BCUT2D eigenvalue weighted by atomic mass is 9.85.